The van der Waals surface area contributed by atoms with E-state index in [1.54, 1.807) is 197 Å². The third-order valence-corrected chi connectivity index (χ3v) is 19.6. The Labute approximate surface area is 819 Å². The Kier molecular flexibility index (Phi) is 52.8. The molecule has 134 heavy (non-hydrogen) atoms. The predicted octanol–water partition coefficient (Wildman–Crippen LogP) is 30.5. The molecule has 0 heterocycles. The number of halogens is 10. The maximum Gasteiger partial charge on any atom is 0.171 e. The first kappa shape index (κ1) is 113. The number of hydrogen-bond donors (Lipinski definition) is 0. The van der Waals surface area contributed by atoms with Crippen molar-refractivity contribution in [2.45, 2.75) is 68.7 Å². The SMILES string of the molecule is CC(=O)/C=C/c1c(Cl)cccc1Cl.CC(=O)/C=C/c1ccc(-c2ccccc2)cc1.CC(=O)/C=C/c1ccc(Br)cc1.CC(=O)/C=C/c1ccc(Cl)c(Cl)c1.CC(=O)/C=C/c1ccc(Cl)cc1Cl.CC(=O)/C=C/c1ccc(F)cc1.CC(=O)/C=C/c1cccc(F)c1.CC(=O)/C=C/c1ccccc1F.COc1ccc(-c2ccc(/C=C/C(C)=O)cc2)cc1.O=C1CC(=O)c2ccccc21. The highest BCUT2D eigenvalue weighted by Gasteiger charge is 2.26. The van der Waals surface area contributed by atoms with Crippen LogP contribution >= 0.6 is 85.5 Å². The molecule has 12 nitrogen and oxygen atoms in total. The van der Waals surface area contributed by atoms with Gasteiger partial charge in [-0.1, -0.05) is 310 Å². The number of allylic oxidation sites excluding steroid dienone is 9. The quantitative estimate of drug-likeness (QED) is 0.0488. The highest BCUT2D eigenvalue weighted by molar-refractivity contribution is 9.10. The van der Waals surface area contributed by atoms with Gasteiger partial charge in [0.25, 0.3) is 0 Å². The second-order valence-corrected chi connectivity index (χ2v) is 31.9. The van der Waals surface area contributed by atoms with E-state index in [4.69, 9.17) is 74.3 Å². The van der Waals surface area contributed by atoms with E-state index in [2.05, 4.69) is 40.2 Å². The lowest BCUT2D eigenvalue weighted by Gasteiger charge is -2.04. The zero-order chi connectivity index (χ0) is 99.0. The van der Waals surface area contributed by atoms with Gasteiger partial charge in [-0.05, 0) is 287 Å². The fourth-order valence-corrected chi connectivity index (χ4v) is 12.0. The van der Waals surface area contributed by atoms with E-state index >= 15 is 0 Å². The summed E-state index contributed by atoms with van der Waals surface area (Å²) in [7, 11) is 1.66. The lowest BCUT2D eigenvalue weighted by atomic mass is 10.0. The Bertz CT molecular complexity index is 6140. The fourth-order valence-electron chi connectivity index (χ4n) is 10.5. The second kappa shape index (κ2) is 62.8. The zero-order valence-corrected chi connectivity index (χ0v) is 81.0. The normalized spacial score (nSPS) is 11.0. The lowest BCUT2D eigenvalue weighted by molar-refractivity contribution is -0.113. The number of ether oxygens (including phenoxy) is 1. The molecule has 0 aliphatic heterocycles. The minimum Gasteiger partial charge on any atom is -0.497 e. The van der Waals surface area contributed by atoms with Crippen molar-refractivity contribution in [3.63, 3.8) is 0 Å². The van der Waals surface area contributed by atoms with Gasteiger partial charge < -0.3 is 4.74 Å². The van der Waals surface area contributed by atoms with Crippen molar-refractivity contribution in [3.8, 4) is 28.0 Å². The van der Waals surface area contributed by atoms with Gasteiger partial charge in [0.15, 0.2) is 63.6 Å². The Morgan fingerprint density at radius 3 is 1.03 bits per heavy atom. The van der Waals surface area contributed by atoms with Gasteiger partial charge in [0.2, 0.25) is 0 Å². The summed E-state index contributed by atoms with van der Waals surface area (Å²) in [6.07, 6.45) is 28.5. The smallest absolute Gasteiger partial charge is 0.171 e. The van der Waals surface area contributed by atoms with Crippen molar-refractivity contribution >= 4 is 204 Å². The first-order valence-corrected chi connectivity index (χ1v) is 43.9. The largest absolute Gasteiger partial charge is 0.497 e. The summed E-state index contributed by atoms with van der Waals surface area (Å²) >= 11 is 38.1. The molecule has 1 aliphatic rings. The maximum atomic E-state index is 12.9. The van der Waals surface area contributed by atoms with E-state index in [1.807, 2.05) is 115 Å². The summed E-state index contributed by atoms with van der Waals surface area (Å²) in [6.45, 7) is 13.4. The predicted molar refractivity (Wildman–Crippen MR) is 550 cm³/mol. The number of carbonyl (C=O) groups is 11. The van der Waals surface area contributed by atoms with Gasteiger partial charge in [-0.3, -0.25) is 52.7 Å². The molecular formula is C112H96BrCl6F3O12. The van der Waals surface area contributed by atoms with Crippen LogP contribution in [0, 0.1) is 17.5 Å². The zero-order valence-electron chi connectivity index (χ0n) is 74.8. The van der Waals surface area contributed by atoms with Crippen molar-refractivity contribution < 1.29 is 70.6 Å². The molecule has 0 saturated heterocycles. The topological polar surface area (TPSA) is 197 Å². The second-order valence-electron chi connectivity index (χ2n) is 28.6. The van der Waals surface area contributed by atoms with Crippen LogP contribution in [0.4, 0.5) is 13.2 Å². The third-order valence-electron chi connectivity index (χ3n) is 17.1. The van der Waals surface area contributed by atoms with Crippen LogP contribution in [-0.4, -0.2) is 70.7 Å². The van der Waals surface area contributed by atoms with Gasteiger partial charge in [-0.2, -0.15) is 0 Å². The minimum absolute atomic E-state index is 0.00562. The van der Waals surface area contributed by atoms with Crippen molar-refractivity contribution in [2.24, 2.45) is 0 Å². The lowest BCUT2D eigenvalue weighted by Crippen LogP contribution is -1.90. The molecule has 0 fully saturated rings. The van der Waals surface area contributed by atoms with Gasteiger partial charge in [0.05, 0.1) is 23.6 Å². The first-order valence-electron chi connectivity index (χ1n) is 40.9. The van der Waals surface area contributed by atoms with E-state index in [0.29, 0.717) is 58.0 Å². The Balaban J connectivity index is 0.000000313. The number of Topliss-reactive ketones (excluding diaryl/α,β-unsaturated/α-hetero) is 2. The summed E-state index contributed by atoms with van der Waals surface area (Å²) in [6, 6.07) is 83.1. The van der Waals surface area contributed by atoms with Crippen LogP contribution in [0.5, 0.6) is 5.75 Å². The fraction of sp³-hybridized carbons (Fsp3) is 0.0982. The number of methoxy groups -OCH3 is 1. The number of hydrogen-bond acceptors (Lipinski definition) is 12. The van der Waals surface area contributed by atoms with Crippen LogP contribution < -0.4 is 4.74 Å². The van der Waals surface area contributed by atoms with E-state index in [0.717, 1.165) is 54.7 Å². The summed E-state index contributed by atoms with van der Waals surface area (Å²) in [4.78, 5) is 118. The summed E-state index contributed by atoms with van der Waals surface area (Å²) in [5, 5.41) is 3.24. The van der Waals surface area contributed by atoms with Crippen molar-refractivity contribution in [3.05, 3.63) is 447 Å². The van der Waals surface area contributed by atoms with Crippen LogP contribution in [0.15, 0.2) is 338 Å². The molecule has 12 aromatic rings. The molecule has 0 bridgehead atoms. The molecule has 0 saturated carbocycles. The van der Waals surface area contributed by atoms with Crippen LogP contribution in [0.25, 0.3) is 76.9 Å². The number of rotatable bonds is 21. The van der Waals surface area contributed by atoms with Gasteiger partial charge >= 0.3 is 0 Å². The molecule has 686 valence electrons. The average Bonchev–Trinajstić information content (AvgIpc) is 1.73. The number of fused-ring (bicyclic) bond motifs is 1. The van der Waals surface area contributed by atoms with Gasteiger partial charge in [0.1, 0.15) is 23.2 Å². The van der Waals surface area contributed by atoms with Crippen LogP contribution in [0.1, 0.15) is 140 Å². The molecular weight excluding hydrogens is 1890 g/mol. The minimum atomic E-state index is -0.310. The monoisotopic (exact) mass is 1980 g/mol. The number of carbonyl (C=O) groups excluding carboxylic acids is 11. The van der Waals surface area contributed by atoms with Gasteiger partial charge in [0, 0.05) is 46.8 Å². The van der Waals surface area contributed by atoms with Crippen molar-refractivity contribution in [1.82, 2.24) is 0 Å². The Morgan fingerprint density at radius 1 is 0.284 bits per heavy atom. The van der Waals surface area contributed by atoms with Crippen LogP contribution in [-0.2, 0) is 43.2 Å². The van der Waals surface area contributed by atoms with Gasteiger partial charge in [-0.25, -0.2) is 13.2 Å². The third kappa shape index (κ3) is 48.6. The van der Waals surface area contributed by atoms with Crippen LogP contribution in [0.3, 0.4) is 0 Å². The molecule has 0 unspecified atom stereocenters. The van der Waals surface area contributed by atoms with Crippen molar-refractivity contribution in [1.29, 1.82) is 0 Å². The Hall–Kier alpha value is -13.5. The molecule has 0 amide bonds. The standard InChI is InChI=1S/C17H16O2.C16H14O.C10H9BrO.3C10H8Cl2O.3C10H9FO.C9H6O2/c1-13(18)3-4-14-5-7-15(8-6-14)16-9-11-17(19-2)12-10-16;1-13(17)7-8-14-9-11-16(12-10-14)15-5-3-2-4-6-15;1-8(12)2-3-9-4-6-10(11)7-5-9;1-7(13)2-3-8-4-5-9(11)6-10(8)12;1-7(13)2-3-8-4-5-9(11)10(12)6-8;1-7(13)5-6-8-9(11)3-2-4-10(8)12;1-8(12)2-3-9-4-6-10(11)7-5-9;1-8(12)5-6-9-3-2-4-10(11)7-9;1-8(12)6-7-9-4-2-3-5-10(9)11;10-8-5-9(11)7-4-2-1-3-6(7)8/h3-12H,1-2H3;2-12H,1H3;2-7H,1H3;3*2-6H,1H3;3*2-7H,1H3;1-4H,5H2/b4-3+;8-7+;3*3-2+;6-5+;3-2+;6-5+;7-6+;. The number of benzene rings is 12. The van der Waals surface area contributed by atoms with Crippen LogP contribution in [0.2, 0.25) is 30.1 Å². The molecule has 13 rings (SSSR count). The molecule has 22 heteroatoms. The molecule has 1 aliphatic carbocycles. The first-order chi connectivity index (χ1) is 63.8. The highest BCUT2D eigenvalue weighted by Crippen LogP contribution is 2.29. The van der Waals surface area contributed by atoms with E-state index in [-0.39, 0.29) is 87.5 Å². The molecule has 0 atom stereocenters. The molecule has 12 aromatic carbocycles. The highest BCUT2D eigenvalue weighted by atomic mass is 79.9. The van der Waals surface area contributed by atoms with E-state index in [1.165, 1.54) is 132 Å². The van der Waals surface area contributed by atoms with Gasteiger partial charge in [-0.15, -0.1) is 0 Å². The Morgan fingerprint density at radius 2 is 0.627 bits per heavy atom. The van der Waals surface area contributed by atoms with Crippen molar-refractivity contribution in [2.75, 3.05) is 7.11 Å². The maximum absolute atomic E-state index is 12.9. The summed E-state index contributed by atoms with van der Waals surface area (Å²) < 4.78 is 44.0. The molecule has 0 radical (unpaired) electrons. The molecule has 0 aromatic heterocycles. The molecule has 0 spiro atoms. The average molecular weight is 1980 g/mol. The summed E-state index contributed by atoms with van der Waals surface area (Å²) in [5.41, 5.74) is 13.2. The van der Waals surface area contributed by atoms with E-state index < -0.39 is 0 Å². The summed E-state index contributed by atoms with van der Waals surface area (Å²) in [5.74, 6) is -0.106. The number of ketones is 11. The molecule has 0 N–H and O–H groups in total. The van der Waals surface area contributed by atoms with E-state index in [9.17, 15) is 65.9 Å².